The molecule has 5 heteroatoms. The molecule has 1 aromatic heterocycles. The van der Waals surface area contributed by atoms with Crippen molar-refractivity contribution in [3.05, 3.63) is 71.4 Å². The number of aryl methyl sites for hydroxylation is 1. The van der Waals surface area contributed by atoms with Crippen LogP contribution in [0.3, 0.4) is 0 Å². The van der Waals surface area contributed by atoms with Crippen molar-refractivity contribution in [1.82, 2.24) is 9.88 Å². The van der Waals surface area contributed by atoms with Crippen LogP contribution < -0.4 is 15.0 Å². The van der Waals surface area contributed by atoms with Crippen LogP contribution in [0.1, 0.15) is 40.9 Å². The van der Waals surface area contributed by atoms with Gasteiger partial charge in [-0.2, -0.15) is 0 Å². The van der Waals surface area contributed by atoms with Gasteiger partial charge in [0.25, 0.3) is 5.91 Å². The Balaban J connectivity index is 1.62. The fourth-order valence-corrected chi connectivity index (χ4v) is 4.59. The number of hydrogen-bond donors (Lipinski definition) is 2. The number of hydrogen-bond acceptors (Lipinski definition) is 2. The van der Waals surface area contributed by atoms with Crippen molar-refractivity contribution in [2.75, 3.05) is 33.3 Å². The van der Waals surface area contributed by atoms with Crippen LogP contribution in [0.5, 0.6) is 5.75 Å². The molecule has 1 aliphatic heterocycles. The Morgan fingerprint density at radius 3 is 2.34 bits per heavy atom. The lowest BCUT2D eigenvalue weighted by Gasteiger charge is -2.23. The highest BCUT2D eigenvalue weighted by atomic mass is 16.5. The molecule has 2 heterocycles. The van der Waals surface area contributed by atoms with E-state index in [1.165, 1.54) is 37.9 Å². The molecule has 0 unspecified atom stereocenters. The molecule has 1 aliphatic rings. The number of carbonyl (C=O) groups is 1. The number of rotatable bonds is 7. The van der Waals surface area contributed by atoms with Gasteiger partial charge in [-0.05, 0) is 81.1 Å². The summed E-state index contributed by atoms with van der Waals surface area (Å²) in [4.78, 5) is 14.7. The topological polar surface area (TPSA) is 47.7 Å². The van der Waals surface area contributed by atoms with Crippen LogP contribution in [0.2, 0.25) is 0 Å². The first-order chi connectivity index (χ1) is 15.6. The Hall–Kier alpha value is -3.05. The van der Waals surface area contributed by atoms with E-state index in [-0.39, 0.29) is 5.91 Å². The van der Waals surface area contributed by atoms with Gasteiger partial charge in [0.15, 0.2) is 0 Å². The number of piperidine rings is 1. The van der Waals surface area contributed by atoms with Gasteiger partial charge in [-0.25, -0.2) is 0 Å². The summed E-state index contributed by atoms with van der Waals surface area (Å²) in [6.07, 6.45) is 3.94. The van der Waals surface area contributed by atoms with Crippen molar-refractivity contribution < 1.29 is 14.4 Å². The minimum Gasteiger partial charge on any atom is -0.497 e. The zero-order chi connectivity index (χ0) is 22.5. The second kappa shape index (κ2) is 10.0. The summed E-state index contributed by atoms with van der Waals surface area (Å²) in [5.41, 5.74) is 5.98. The summed E-state index contributed by atoms with van der Waals surface area (Å²) in [6, 6.07) is 18.4. The summed E-state index contributed by atoms with van der Waals surface area (Å²) in [5, 5.41) is 3.16. The van der Waals surface area contributed by atoms with Crippen molar-refractivity contribution in [3.8, 4) is 22.7 Å². The smallest absolute Gasteiger partial charge is 0.253 e. The van der Waals surface area contributed by atoms with Crippen molar-refractivity contribution in [1.29, 1.82) is 0 Å². The molecule has 0 spiro atoms. The molecule has 0 radical (unpaired) electrons. The third-order valence-corrected chi connectivity index (χ3v) is 6.49. The first-order valence-corrected chi connectivity index (χ1v) is 11.6. The molecule has 0 saturated carbocycles. The van der Waals surface area contributed by atoms with Gasteiger partial charge in [-0.3, -0.25) is 4.79 Å². The van der Waals surface area contributed by atoms with Crippen molar-refractivity contribution in [3.63, 3.8) is 0 Å². The SMILES string of the molecule is COc1ccc(-c2cc(C(=O)NCC[NH+]3CCCCC3)c(C)n2-c2ccc(C)cc2)cc1. The number of amides is 1. The average molecular weight is 433 g/mol. The van der Waals surface area contributed by atoms with Gasteiger partial charge in [0.1, 0.15) is 5.75 Å². The predicted molar refractivity (Wildman–Crippen MR) is 129 cm³/mol. The zero-order valence-corrected chi connectivity index (χ0v) is 19.4. The van der Waals surface area contributed by atoms with E-state index >= 15 is 0 Å². The van der Waals surface area contributed by atoms with Gasteiger partial charge in [-0.15, -0.1) is 0 Å². The van der Waals surface area contributed by atoms with Crippen molar-refractivity contribution in [2.24, 2.45) is 0 Å². The van der Waals surface area contributed by atoms with Gasteiger partial charge >= 0.3 is 0 Å². The highest BCUT2D eigenvalue weighted by molar-refractivity contribution is 5.97. The summed E-state index contributed by atoms with van der Waals surface area (Å²) >= 11 is 0. The number of nitrogens with one attached hydrogen (secondary N) is 2. The quantitative estimate of drug-likeness (QED) is 0.600. The normalized spacial score (nSPS) is 14.3. The van der Waals surface area contributed by atoms with Gasteiger partial charge in [-0.1, -0.05) is 17.7 Å². The van der Waals surface area contributed by atoms with Crippen LogP contribution in [-0.2, 0) is 0 Å². The minimum absolute atomic E-state index is 0.000433. The van der Waals surface area contributed by atoms with Crippen LogP contribution in [0.25, 0.3) is 16.9 Å². The number of carbonyl (C=O) groups excluding carboxylic acids is 1. The number of likely N-dealkylation sites (tertiary alicyclic amines) is 1. The Kier molecular flexibility index (Phi) is 6.96. The first-order valence-electron chi connectivity index (χ1n) is 11.6. The summed E-state index contributed by atoms with van der Waals surface area (Å²) < 4.78 is 7.49. The second-order valence-electron chi connectivity index (χ2n) is 8.74. The molecule has 2 aromatic carbocycles. The standard InChI is InChI=1S/C27H33N3O2/c1-20-7-11-23(12-8-20)30-21(2)25(19-26(30)22-9-13-24(32-3)14-10-22)27(31)28-15-18-29-16-5-4-6-17-29/h7-14,19H,4-6,15-18H2,1-3H3,(H,28,31)/p+1. The monoisotopic (exact) mass is 432 g/mol. The van der Waals surface area contributed by atoms with E-state index in [9.17, 15) is 4.79 Å². The van der Waals surface area contributed by atoms with E-state index in [4.69, 9.17) is 4.74 Å². The van der Waals surface area contributed by atoms with Crippen LogP contribution >= 0.6 is 0 Å². The number of nitrogens with zero attached hydrogens (tertiary/aromatic N) is 1. The Labute approximate surface area is 191 Å². The molecular formula is C27H34N3O2+. The fourth-order valence-electron chi connectivity index (χ4n) is 4.59. The third kappa shape index (κ3) is 4.89. The van der Waals surface area contributed by atoms with E-state index in [1.54, 1.807) is 12.0 Å². The van der Waals surface area contributed by atoms with Gasteiger partial charge < -0.3 is 19.5 Å². The Bertz CT molecular complexity index is 1050. The lowest BCUT2D eigenvalue weighted by atomic mass is 10.1. The lowest BCUT2D eigenvalue weighted by Crippen LogP contribution is -3.13. The molecule has 5 nitrogen and oxygen atoms in total. The molecule has 1 fully saturated rings. The lowest BCUT2D eigenvalue weighted by molar-refractivity contribution is -0.903. The highest BCUT2D eigenvalue weighted by Gasteiger charge is 2.20. The fraction of sp³-hybridized carbons (Fsp3) is 0.370. The largest absolute Gasteiger partial charge is 0.497 e. The Morgan fingerprint density at radius 2 is 1.69 bits per heavy atom. The first kappa shape index (κ1) is 22.2. The minimum atomic E-state index is -0.000433. The summed E-state index contributed by atoms with van der Waals surface area (Å²) in [6.45, 7) is 8.26. The number of benzene rings is 2. The number of quaternary nitrogens is 1. The molecule has 4 rings (SSSR count). The van der Waals surface area contributed by atoms with E-state index in [2.05, 4.69) is 41.1 Å². The zero-order valence-electron chi connectivity index (χ0n) is 19.4. The van der Waals surface area contributed by atoms with Crippen molar-refractivity contribution >= 4 is 5.91 Å². The van der Waals surface area contributed by atoms with Crippen LogP contribution in [-0.4, -0.2) is 43.8 Å². The van der Waals surface area contributed by atoms with Crippen LogP contribution in [0.15, 0.2) is 54.6 Å². The molecule has 1 saturated heterocycles. The number of methoxy groups -OCH3 is 1. The highest BCUT2D eigenvalue weighted by Crippen LogP contribution is 2.30. The molecule has 0 atom stereocenters. The van der Waals surface area contributed by atoms with E-state index in [0.717, 1.165) is 40.5 Å². The molecule has 32 heavy (non-hydrogen) atoms. The van der Waals surface area contributed by atoms with Gasteiger partial charge in [0, 0.05) is 11.4 Å². The summed E-state index contributed by atoms with van der Waals surface area (Å²) in [7, 11) is 1.67. The predicted octanol–water partition coefficient (Wildman–Crippen LogP) is 3.57. The molecular weight excluding hydrogens is 398 g/mol. The Morgan fingerprint density at radius 1 is 1.00 bits per heavy atom. The second-order valence-corrected chi connectivity index (χ2v) is 8.74. The number of ether oxygens (including phenoxy) is 1. The van der Waals surface area contributed by atoms with Crippen LogP contribution in [0.4, 0.5) is 0 Å². The maximum Gasteiger partial charge on any atom is 0.253 e. The van der Waals surface area contributed by atoms with E-state index in [0.29, 0.717) is 6.54 Å². The van der Waals surface area contributed by atoms with Crippen molar-refractivity contribution in [2.45, 2.75) is 33.1 Å². The van der Waals surface area contributed by atoms with E-state index < -0.39 is 0 Å². The average Bonchev–Trinajstić information content (AvgIpc) is 3.17. The van der Waals surface area contributed by atoms with E-state index in [1.807, 2.05) is 37.3 Å². The maximum atomic E-state index is 13.1. The molecule has 1 amide bonds. The van der Waals surface area contributed by atoms with Crippen LogP contribution in [0, 0.1) is 13.8 Å². The maximum absolute atomic E-state index is 13.1. The number of aromatic nitrogens is 1. The van der Waals surface area contributed by atoms with Gasteiger partial charge in [0.05, 0.1) is 44.5 Å². The molecule has 3 aromatic rings. The van der Waals surface area contributed by atoms with Gasteiger partial charge in [0.2, 0.25) is 0 Å². The molecule has 0 aliphatic carbocycles. The molecule has 168 valence electrons. The molecule has 2 N–H and O–H groups in total. The third-order valence-electron chi connectivity index (χ3n) is 6.49. The molecule has 0 bridgehead atoms. The summed E-state index contributed by atoms with van der Waals surface area (Å²) in [5.74, 6) is 0.816.